The van der Waals surface area contributed by atoms with Crippen LogP contribution in [0.4, 0.5) is 0 Å². The Morgan fingerprint density at radius 1 is 1.32 bits per heavy atom. The number of ether oxygens (including phenoxy) is 2. The van der Waals surface area contributed by atoms with Gasteiger partial charge in [-0.25, -0.2) is 0 Å². The number of rotatable bonds is 6. The largest absolute Gasteiger partial charge is 0.464 e. The zero-order valence-corrected chi connectivity index (χ0v) is 14.4. The summed E-state index contributed by atoms with van der Waals surface area (Å²) >= 11 is 0. The maximum atomic E-state index is 12.0. The van der Waals surface area contributed by atoms with Gasteiger partial charge < -0.3 is 13.7 Å². The van der Waals surface area contributed by atoms with Crippen molar-refractivity contribution in [3.8, 4) is 11.5 Å². The van der Waals surface area contributed by atoms with Gasteiger partial charge in [0.1, 0.15) is 11.5 Å². The summed E-state index contributed by atoms with van der Waals surface area (Å²) in [4.78, 5) is 0. The summed E-state index contributed by atoms with van der Waals surface area (Å²) in [5, 5.41) is 0. The Labute approximate surface area is 132 Å². The molecule has 0 N–H and O–H groups in total. The summed E-state index contributed by atoms with van der Waals surface area (Å²) in [6, 6.07) is 5.01. The molecule has 0 bridgehead atoms. The van der Waals surface area contributed by atoms with E-state index in [1.165, 1.54) is 7.05 Å². The van der Waals surface area contributed by atoms with Gasteiger partial charge in [0, 0.05) is 25.8 Å². The van der Waals surface area contributed by atoms with Gasteiger partial charge in [-0.15, -0.1) is 0 Å². The number of nitrogens with zero attached hydrogens (tertiary/aromatic N) is 1. The smallest absolute Gasteiger partial charge is 0.384 e. The molecule has 1 unspecified atom stereocenters. The van der Waals surface area contributed by atoms with Crippen LogP contribution in [0.1, 0.15) is 33.3 Å². The molecule has 0 aliphatic carbocycles. The van der Waals surface area contributed by atoms with Gasteiger partial charge in [0.05, 0.1) is 5.41 Å². The monoisotopic (exact) mass is 329 g/mol. The standard InChI is InChI=1S/C15H23NO5S/c1-6-16(5)22(17,18)21-11-8-9-13-12(10-11)15(3,4)14(20-13)19-7-2/h8-10,14H,6-7H2,1-5H3. The molecule has 0 aromatic heterocycles. The van der Waals surface area contributed by atoms with Crippen LogP contribution in [0, 0.1) is 0 Å². The molecular weight excluding hydrogens is 306 g/mol. The van der Waals surface area contributed by atoms with Crippen molar-refractivity contribution in [3.05, 3.63) is 23.8 Å². The first-order chi connectivity index (χ1) is 10.2. The van der Waals surface area contributed by atoms with Gasteiger partial charge in [-0.3, -0.25) is 0 Å². The summed E-state index contributed by atoms with van der Waals surface area (Å²) in [5.74, 6) is 0.963. The Bertz CT molecular complexity index is 641. The Morgan fingerprint density at radius 3 is 2.59 bits per heavy atom. The average molecular weight is 329 g/mol. The van der Waals surface area contributed by atoms with Crippen LogP contribution in [-0.2, 0) is 20.5 Å². The molecule has 0 amide bonds. The fourth-order valence-corrected chi connectivity index (χ4v) is 3.08. The third kappa shape index (κ3) is 3.06. The van der Waals surface area contributed by atoms with Gasteiger partial charge in [-0.1, -0.05) is 6.92 Å². The highest BCUT2D eigenvalue weighted by Crippen LogP contribution is 2.44. The van der Waals surface area contributed by atoms with E-state index < -0.39 is 16.6 Å². The molecule has 2 rings (SSSR count). The zero-order chi connectivity index (χ0) is 16.5. The minimum atomic E-state index is -3.78. The van der Waals surface area contributed by atoms with E-state index >= 15 is 0 Å². The number of fused-ring (bicyclic) bond motifs is 1. The molecule has 0 saturated carbocycles. The maximum Gasteiger partial charge on any atom is 0.384 e. The fraction of sp³-hybridized carbons (Fsp3) is 0.600. The second kappa shape index (κ2) is 6.06. The van der Waals surface area contributed by atoms with Crippen LogP contribution in [0.15, 0.2) is 18.2 Å². The van der Waals surface area contributed by atoms with Crippen molar-refractivity contribution in [2.45, 2.75) is 39.4 Å². The summed E-state index contributed by atoms with van der Waals surface area (Å²) in [7, 11) is -2.31. The van der Waals surface area contributed by atoms with Gasteiger partial charge in [-0.2, -0.15) is 12.7 Å². The summed E-state index contributed by atoms with van der Waals surface area (Å²) in [6.07, 6.45) is -0.391. The van der Waals surface area contributed by atoms with E-state index in [-0.39, 0.29) is 11.2 Å². The molecule has 0 radical (unpaired) electrons. The van der Waals surface area contributed by atoms with Gasteiger partial charge in [0.15, 0.2) is 0 Å². The van der Waals surface area contributed by atoms with Crippen LogP contribution in [0.5, 0.6) is 11.5 Å². The average Bonchev–Trinajstić information content (AvgIpc) is 2.70. The van der Waals surface area contributed by atoms with Crippen LogP contribution in [0.25, 0.3) is 0 Å². The van der Waals surface area contributed by atoms with Crippen molar-refractivity contribution in [3.63, 3.8) is 0 Å². The van der Waals surface area contributed by atoms with E-state index in [0.717, 1.165) is 9.87 Å². The van der Waals surface area contributed by atoms with Crippen molar-refractivity contribution < 1.29 is 22.1 Å². The van der Waals surface area contributed by atoms with Gasteiger partial charge >= 0.3 is 10.3 Å². The van der Waals surface area contributed by atoms with Crippen molar-refractivity contribution in [2.24, 2.45) is 0 Å². The highest BCUT2D eigenvalue weighted by molar-refractivity contribution is 7.84. The van der Waals surface area contributed by atoms with Crippen LogP contribution in [-0.4, -0.2) is 39.2 Å². The molecule has 1 aromatic carbocycles. The molecule has 0 spiro atoms. The SMILES string of the molecule is CCOC1Oc2ccc(OS(=O)(=O)N(C)CC)cc2C1(C)C. The van der Waals surface area contributed by atoms with E-state index in [2.05, 4.69) is 0 Å². The topological polar surface area (TPSA) is 65.1 Å². The Balaban J connectivity index is 2.29. The highest BCUT2D eigenvalue weighted by Gasteiger charge is 2.42. The minimum Gasteiger partial charge on any atom is -0.464 e. The fourth-order valence-electron chi connectivity index (χ4n) is 2.29. The normalized spacial score (nSPS) is 19.8. The van der Waals surface area contributed by atoms with Crippen LogP contribution in [0.2, 0.25) is 0 Å². The molecule has 1 heterocycles. The maximum absolute atomic E-state index is 12.0. The quantitative estimate of drug-likeness (QED) is 0.801. The molecule has 0 saturated heterocycles. The first kappa shape index (κ1) is 17.1. The van der Waals surface area contributed by atoms with E-state index in [4.69, 9.17) is 13.7 Å². The van der Waals surface area contributed by atoms with Crippen molar-refractivity contribution >= 4 is 10.3 Å². The lowest BCUT2D eigenvalue weighted by molar-refractivity contribution is -0.0981. The predicted octanol–water partition coefficient (Wildman–Crippen LogP) is 2.29. The summed E-state index contributed by atoms with van der Waals surface area (Å²) in [6.45, 7) is 8.53. The van der Waals surface area contributed by atoms with Crippen LogP contribution < -0.4 is 8.92 Å². The van der Waals surface area contributed by atoms with Crippen molar-refractivity contribution in [1.82, 2.24) is 4.31 Å². The second-order valence-corrected chi connectivity index (χ2v) is 7.39. The zero-order valence-electron chi connectivity index (χ0n) is 13.6. The number of hydrogen-bond acceptors (Lipinski definition) is 5. The number of hydrogen-bond donors (Lipinski definition) is 0. The van der Waals surface area contributed by atoms with E-state index in [1.54, 1.807) is 25.1 Å². The van der Waals surface area contributed by atoms with E-state index in [9.17, 15) is 8.42 Å². The van der Waals surface area contributed by atoms with Crippen molar-refractivity contribution in [2.75, 3.05) is 20.2 Å². The van der Waals surface area contributed by atoms with Crippen molar-refractivity contribution in [1.29, 1.82) is 0 Å². The van der Waals surface area contributed by atoms with Crippen LogP contribution in [0.3, 0.4) is 0 Å². The molecule has 124 valence electrons. The van der Waals surface area contributed by atoms with E-state index in [1.807, 2.05) is 20.8 Å². The lowest BCUT2D eigenvalue weighted by Crippen LogP contribution is -2.34. The van der Waals surface area contributed by atoms with E-state index in [0.29, 0.717) is 18.9 Å². The first-order valence-corrected chi connectivity index (χ1v) is 8.67. The third-order valence-electron chi connectivity index (χ3n) is 3.82. The Hall–Kier alpha value is -1.31. The predicted molar refractivity (Wildman–Crippen MR) is 83.4 cm³/mol. The minimum absolute atomic E-state index is 0.271. The Kier molecular flexibility index (Phi) is 4.70. The molecular formula is C15H23NO5S. The molecule has 22 heavy (non-hydrogen) atoms. The van der Waals surface area contributed by atoms with Gasteiger partial charge in [0.25, 0.3) is 0 Å². The van der Waals surface area contributed by atoms with Gasteiger partial charge in [0.2, 0.25) is 6.29 Å². The first-order valence-electron chi connectivity index (χ1n) is 7.31. The number of benzene rings is 1. The molecule has 1 atom stereocenters. The van der Waals surface area contributed by atoms with Crippen LogP contribution >= 0.6 is 0 Å². The highest BCUT2D eigenvalue weighted by atomic mass is 32.2. The lowest BCUT2D eigenvalue weighted by atomic mass is 9.85. The molecule has 0 fully saturated rings. The molecule has 1 aliphatic rings. The molecule has 1 aromatic rings. The third-order valence-corrected chi connectivity index (χ3v) is 5.24. The molecule has 1 aliphatic heterocycles. The lowest BCUT2D eigenvalue weighted by Gasteiger charge is -2.25. The molecule has 6 nitrogen and oxygen atoms in total. The molecule has 7 heteroatoms. The second-order valence-electron chi connectivity index (χ2n) is 5.74. The Morgan fingerprint density at radius 2 is 2.00 bits per heavy atom. The van der Waals surface area contributed by atoms with Gasteiger partial charge in [-0.05, 0) is 39.0 Å². The summed E-state index contributed by atoms with van der Waals surface area (Å²) in [5.41, 5.74) is 0.489. The summed E-state index contributed by atoms with van der Waals surface area (Å²) < 4.78 is 41.7.